The Kier molecular flexibility index (Phi) is 20.7. The van der Waals surface area contributed by atoms with E-state index < -0.39 is 69.7 Å². The number of esters is 1. The Morgan fingerprint density at radius 2 is 1.15 bits per heavy atom. The molecule has 8 atom stereocenters. The quantitative estimate of drug-likeness (QED) is 0.0571. The molecular formula is C25H52NO12P. The van der Waals surface area contributed by atoms with E-state index in [2.05, 4.69) is 16.0 Å². The van der Waals surface area contributed by atoms with Crippen LogP contribution in [-0.2, 0) is 23.1 Å². The minimum Gasteiger partial charge on any atom is -0.756 e. The lowest BCUT2D eigenvalue weighted by Gasteiger charge is -2.43. The summed E-state index contributed by atoms with van der Waals surface area (Å²) in [4.78, 5) is 23.8. The summed E-state index contributed by atoms with van der Waals surface area (Å²) in [7, 11) is -5.23. The summed E-state index contributed by atoms with van der Waals surface area (Å²) >= 11 is 0. The third kappa shape index (κ3) is 15.8. The predicted octanol–water partition coefficient (Wildman–Crippen LogP) is 1.44. The van der Waals surface area contributed by atoms with Crippen LogP contribution in [-0.4, -0.2) is 92.5 Å². The van der Waals surface area contributed by atoms with Crippen molar-refractivity contribution in [1.29, 1.82) is 0 Å². The molecule has 14 heteroatoms. The van der Waals surface area contributed by atoms with Gasteiger partial charge in [0.25, 0.3) is 7.82 Å². The van der Waals surface area contributed by atoms with Crippen LogP contribution in [0, 0.1) is 0 Å². The topological polar surface area (TPSA) is 243 Å². The van der Waals surface area contributed by atoms with Crippen LogP contribution in [0.15, 0.2) is 0 Å². The number of carbonyl (C=O) groups is 1. The van der Waals surface area contributed by atoms with Crippen molar-refractivity contribution in [2.75, 3.05) is 13.2 Å². The molecule has 0 aromatic rings. The minimum atomic E-state index is -5.23. The van der Waals surface area contributed by atoms with Crippen molar-refractivity contribution < 1.29 is 58.7 Å². The third-order valence-corrected chi connectivity index (χ3v) is 7.64. The van der Waals surface area contributed by atoms with E-state index in [4.69, 9.17) is 4.74 Å². The molecule has 6 unspecified atom stereocenters. The summed E-state index contributed by atoms with van der Waals surface area (Å²) in [6.45, 7) is 0.881. The van der Waals surface area contributed by atoms with Gasteiger partial charge < -0.3 is 55.5 Å². The van der Waals surface area contributed by atoms with Gasteiger partial charge in [0.05, 0.1) is 6.61 Å². The zero-order valence-electron chi connectivity index (χ0n) is 23.4. The van der Waals surface area contributed by atoms with E-state index in [1.54, 1.807) is 0 Å². The van der Waals surface area contributed by atoms with Gasteiger partial charge in [-0.15, -0.1) is 0 Å². The molecular weight excluding hydrogens is 537 g/mol. The van der Waals surface area contributed by atoms with Crippen molar-refractivity contribution in [2.24, 2.45) is 0 Å². The molecule has 0 aromatic carbocycles. The van der Waals surface area contributed by atoms with Crippen LogP contribution >= 0.6 is 7.82 Å². The lowest BCUT2D eigenvalue weighted by molar-refractivity contribution is -0.261. The number of ether oxygens (including phenoxy) is 1. The van der Waals surface area contributed by atoms with Gasteiger partial charge in [0, 0.05) is 6.42 Å². The van der Waals surface area contributed by atoms with Crippen LogP contribution in [0.3, 0.4) is 0 Å². The lowest BCUT2D eigenvalue weighted by atomic mass is 9.85. The summed E-state index contributed by atoms with van der Waals surface area (Å²) in [5.41, 5.74) is 0. The molecule has 0 aromatic heterocycles. The number of rotatable bonds is 21. The van der Waals surface area contributed by atoms with E-state index >= 15 is 0 Å². The smallest absolute Gasteiger partial charge is 0.305 e. The van der Waals surface area contributed by atoms with Crippen LogP contribution in [0.1, 0.15) is 96.8 Å². The molecule has 1 aliphatic carbocycles. The number of phosphoric ester groups is 1. The molecule has 0 bridgehead atoms. The van der Waals surface area contributed by atoms with Gasteiger partial charge in [-0.05, 0) is 6.42 Å². The van der Waals surface area contributed by atoms with Crippen LogP contribution in [0.4, 0.5) is 0 Å². The molecule has 1 rings (SSSR count). The summed E-state index contributed by atoms with van der Waals surface area (Å²) < 4.78 is 25.9. The number of hydrogen-bond donors (Lipinski definition) is 7. The first kappa shape index (κ1) is 38.3. The maximum absolute atomic E-state index is 12.0. The van der Waals surface area contributed by atoms with Crippen molar-refractivity contribution in [3.63, 3.8) is 0 Å². The average Bonchev–Trinajstić information content (AvgIpc) is 2.89. The molecule has 0 amide bonds. The second kappa shape index (κ2) is 21.1. The summed E-state index contributed by atoms with van der Waals surface area (Å²) in [5.74, 6) is -0.524. The minimum absolute atomic E-state index is 0. The second-order valence-corrected chi connectivity index (χ2v) is 11.5. The largest absolute Gasteiger partial charge is 0.756 e. The summed E-state index contributed by atoms with van der Waals surface area (Å²) in [6.07, 6.45) is 2.08. The SMILES string of the molecule is CCCCCCCCCCCCCCCC(=O)OC[C@@H](O)COP(=O)([O-])OC1C(O)C(O)C(O)[C@@H](O)C1O.[NH4+]. The Hall–Kier alpha value is -0.700. The van der Waals surface area contributed by atoms with Crippen molar-refractivity contribution in [1.82, 2.24) is 6.15 Å². The highest BCUT2D eigenvalue weighted by Crippen LogP contribution is 2.43. The molecule has 0 spiro atoms. The highest BCUT2D eigenvalue weighted by molar-refractivity contribution is 7.45. The lowest BCUT2D eigenvalue weighted by Crippen LogP contribution is -2.64. The number of phosphoric acid groups is 1. The monoisotopic (exact) mass is 589 g/mol. The molecule has 39 heavy (non-hydrogen) atoms. The number of aliphatic hydroxyl groups excluding tert-OH is 6. The zero-order chi connectivity index (χ0) is 28.6. The number of aliphatic hydroxyl groups is 6. The molecule has 1 aliphatic rings. The van der Waals surface area contributed by atoms with E-state index in [0.29, 0.717) is 6.42 Å². The molecule has 13 nitrogen and oxygen atoms in total. The van der Waals surface area contributed by atoms with Gasteiger partial charge in [-0.3, -0.25) is 9.36 Å². The Morgan fingerprint density at radius 1 is 0.744 bits per heavy atom. The Morgan fingerprint density at radius 3 is 1.62 bits per heavy atom. The Labute approximate surface area is 231 Å². The van der Waals surface area contributed by atoms with Crippen molar-refractivity contribution in [3.8, 4) is 0 Å². The Balaban J connectivity index is 0.0000144. The van der Waals surface area contributed by atoms with E-state index in [1.807, 2.05) is 0 Å². The first-order valence-electron chi connectivity index (χ1n) is 13.9. The standard InChI is InChI=1S/C25H49O12P.H3N/c1-2-3-4-5-6-7-8-9-10-11-12-13-14-15-19(27)35-16-18(26)17-36-38(33,34)37-25-23(31)21(29)20(28)22(30)24(25)32;/h18,20-26,28-32H,2-17H2,1H3,(H,33,34);1H3/t18-,20?,21-,22?,23?,24?,25?;/m1./s1. The fourth-order valence-corrected chi connectivity index (χ4v) is 5.24. The summed E-state index contributed by atoms with van der Waals surface area (Å²) in [5, 5.41) is 58.3. The zero-order valence-corrected chi connectivity index (χ0v) is 24.3. The molecule has 0 heterocycles. The fraction of sp³-hybridized carbons (Fsp3) is 0.960. The average molecular weight is 590 g/mol. The third-order valence-electron chi connectivity index (χ3n) is 6.67. The second-order valence-electron chi connectivity index (χ2n) is 10.1. The van der Waals surface area contributed by atoms with Crippen molar-refractivity contribution in [2.45, 2.75) is 140 Å². The van der Waals surface area contributed by atoms with E-state index in [9.17, 15) is 44.9 Å². The van der Waals surface area contributed by atoms with Gasteiger partial charge in [-0.1, -0.05) is 84.0 Å². The van der Waals surface area contributed by atoms with Crippen LogP contribution in [0.25, 0.3) is 0 Å². The van der Waals surface area contributed by atoms with E-state index in [-0.39, 0.29) is 12.6 Å². The van der Waals surface area contributed by atoms with Gasteiger partial charge >= 0.3 is 5.97 Å². The molecule has 0 radical (unpaired) electrons. The van der Waals surface area contributed by atoms with Gasteiger partial charge in [0.1, 0.15) is 49.3 Å². The molecule has 1 fully saturated rings. The normalized spacial score (nSPS) is 27.4. The summed E-state index contributed by atoms with van der Waals surface area (Å²) in [6, 6.07) is 0. The van der Waals surface area contributed by atoms with Gasteiger partial charge in [0.15, 0.2) is 0 Å². The molecule has 234 valence electrons. The maximum Gasteiger partial charge on any atom is 0.305 e. The maximum atomic E-state index is 12.0. The van der Waals surface area contributed by atoms with Crippen molar-refractivity contribution in [3.05, 3.63) is 0 Å². The first-order chi connectivity index (χ1) is 18.0. The van der Waals surface area contributed by atoms with E-state index in [1.165, 1.54) is 57.8 Å². The first-order valence-corrected chi connectivity index (χ1v) is 15.3. The number of hydrogen-bond acceptors (Lipinski definition) is 12. The highest BCUT2D eigenvalue weighted by atomic mass is 31.2. The van der Waals surface area contributed by atoms with Gasteiger partial charge in [-0.25, -0.2) is 0 Å². The van der Waals surface area contributed by atoms with Crippen molar-refractivity contribution >= 4 is 13.8 Å². The van der Waals surface area contributed by atoms with Crippen LogP contribution in [0.2, 0.25) is 0 Å². The van der Waals surface area contributed by atoms with Crippen LogP contribution < -0.4 is 11.0 Å². The predicted molar refractivity (Wildman–Crippen MR) is 142 cm³/mol. The molecule has 1 saturated carbocycles. The van der Waals surface area contributed by atoms with Crippen LogP contribution in [0.5, 0.6) is 0 Å². The highest BCUT2D eigenvalue weighted by Gasteiger charge is 2.50. The van der Waals surface area contributed by atoms with E-state index in [0.717, 1.165) is 19.3 Å². The molecule has 0 saturated heterocycles. The van der Waals surface area contributed by atoms with Gasteiger partial charge in [0.2, 0.25) is 0 Å². The molecule has 10 N–H and O–H groups in total. The fourth-order valence-electron chi connectivity index (χ4n) is 4.27. The number of quaternary nitrogens is 1. The number of carbonyl (C=O) groups excluding carboxylic acids is 1. The molecule has 0 aliphatic heterocycles. The number of unbranched alkanes of at least 4 members (excludes halogenated alkanes) is 12. The van der Waals surface area contributed by atoms with Gasteiger partial charge in [-0.2, -0.15) is 0 Å². The Bertz CT molecular complexity index is 671.